The summed E-state index contributed by atoms with van der Waals surface area (Å²) in [6.45, 7) is 5.15. The van der Waals surface area contributed by atoms with Crippen LogP contribution in [0.3, 0.4) is 0 Å². The first-order chi connectivity index (χ1) is 8.15. The number of hydrogen-bond donors (Lipinski definition) is 1. The van der Waals surface area contributed by atoms with Crippen molar-refractivity contribution in [1.29, 1.82) is 0 Å². The van der Waals surface area contributed by atoms with Crippen LogP contribution in [0.15, 0.2) is 18.2 Å². The quantitative estimate of drug-likeness (QED) is 0.868. The fourth-order valence-electron chi connectivity index (χ4n) is 2.47. The van der Waals surface area contributed by atoms with E-state index in [2.05, 4.69) is 17.3 Å². The van der Waals surface area contributed by atoms with Gasteiger partial charge in [0, 0.05) is 13.1 Å². The lowest BCUT2D eigenvalue weighted by Gasteiger charge is -2.30. The van der Waals surface area contributed by atoms with Gasteiger partial charge >= 0.3 is 0 Å². The standard InChI is InChI=1S/C14H21FN2/c1-11-5-6-13(15)14(8-11)16-9-12-4-3-7-17(2)10-12/h5-6,8,12,16H,3-4,7,9-10H2,1-2H3. The molecule has 0 bridgehead atoms. The van der Waals surface area contributed by atoms with Crippen LogP contribution in [0.1, 0.15) is 18.4 Å². The Morgan fingerprint density at radius 1 is 1.47 bits per heavy atom. The molecule has 1 aliphatic heterocycles. The maximum absolute atomic E-state index is 13.5. The summed E-state index contributed by atoms with van der Waals surface area (Å²) in [5.74, 6) is 0.480. The molecule has 0 aromatic heterocycles. The van der Waals surface area contributed by atoms with Gasteiger partial charge in [-0.1, -0.05) is 6.07 Å². The third-order valence-corrected chi connectivity index (χ3v) is 3.43. The minimum absolute atomic E-state index is 0.153. The zero-order valence-corrected chi connectivity index (χ0v) is 10.7. The molecule has 2 rings (SSSR count). The van der Waals surface area contributed by atoms with Crippen molar-refractivity contribution in [1.82, 2.24) is 4.90 Å². The maximum Gasteiger partial charge on any atom is 0.146 e. The second-order valence-electron chi connectivity index (χ2n) is 5.13. The topological polar surface area (TPSA) is 15.3 Å². The highest BCUT2D eigenvalue weighted by Crippen LogP contribution is 2.19. The maximum atomic E-state index is 13.5. The van der Waals surface area contributed by atoms with Crippen molar-refractivity contribution in [2.24, 2.45) is 5.92 Å². The molecule has 1 heterocycles. The molecule has 0 spiro atoms. The van der Waals surface area contributed by atoms with E-state index in [4.69, 9.17) is 0 Å². The van der Waals surface area contributed by atoms with E-state index in [1.165, 1.54) is 25.5 Å². The normalized spacial score (nSPS) is 21.5. The molecule has 1 fully saturated rings. The van der Waals surface area contributed by atoms with E-state index in [9.17, 15) is 4.39 Å². The van der Waals surface area contributed by atoms with Gasteiger partial charge in [-0.25, -0.2) is 4.39 Å². The van der Waals surface area contributed by atoms with Gasteiger partial charge in [0.05, 0.1) is 5.69 Å². The van der Waals surface area contributed by atoms with Gasteiger partial charge in [0.25, 0.3) is 0 Å². The predicted molar refractivity (Wildman–Crippen MR) is 69.8 cm³/mol. The molecule has 17 heavy (non-hydrogen) atoms. The Kier molecular flexibility index (Phi) is 4.00. The lowest BCUT2D eigenvalue weighted by molar-refractivity contribution is 0.217. The Morgan fingerprint density at radius 2 is 2.29 bits per heavy atom. The van der Waals surface area contributed by atoms with E-state index in [0.29, 0.717) is 11.6 Å². The van der Waals surface area contributed by atoms with Gasteiger partial charge in [-0.05, 0) is 57.0 Å². The largest absolute Gasteiger partial charge is 0.382 e. The van der Waals surface area contributed by atoms with Crippen LogP contribution < -0.4 is 5.32 Å². The van der Waals surface area contributed by atoms with Gasteiger partial charge in [0.2, 0.25) is 0 Å². The molecular formula is C14H21FN2. The molecule has 3 heteroatoms. The summed E-state index contributed by atoms with van der Waals surface area (Å²) < 4.78 is 13.5. The number of rotatable bonds is 3. The summed E-state index contributed by atoms with van der Waals surface area (Å²) in [6.07, 6.45) is 2.49. The van der Waals surface area contributed by atoms with Crippen molar-refractivity contribution in [3.05, 3.63) is 29.6 Å². The van der Waals surface area contributed by atoms with Crippen LogP contribution >= 0.6 is 0 Å². The molecule has 94 valence electrons. The van der Waals surface area contributed by atoms with E-state index in [1.807, 2.05) is 13.0 Å². The molecule has 1 unspecified atom stereocenters. The first-order valence-corrected chi connectivity index (χ1v) is 6.33. The van der Waals surface area contributed by atoms with Gasteiger partial charge in [-0.3, -0.25) is 0 Å². The molecule has 2 nitrogen and oxygen atoms in total. The number of nitrogens with one attached hydrogen (secondary N) is 1. The van der Waals surface area contributed by atoms with Crippen LogP contribution in [0.25, 0.3) is 0 Å². The summed E-state index contributed by atoms with van der Waals surface area (Å²) in [4.78, 5) is 2.35. The Balaban J connectivity index is 1.90. The van der Waals surface area contributed by atoms with Gasteiger partial charge < -0.3 is 10.2 Å². The average Bonchev–Trinajstić information content (AvgIpc) is 2.30. The van der Waals surface area contributed by atoms with Gasteiger partial charge in [0.1, 0.15) is 5.82 Å². The highest BCUT2D eigenvalue weighted by molar-refractivity contribution is 5.47. The second kappa shape index (κ2) is 5.50. The van der Waals surface area contributed by atoms with Crippen molar-refractivity contribution in [3.8, 4) is 0 Å². The summed E-state index contributed by atoms with van der Waals surface area (Å²) in [7, 11) is 2.15. The summed E-state index contributed by atoms with van der Waals surface area (Å²) in [5, 5.41) is 3.24. The van der Waals surface area contributed by atoms with Crippen molar-refractivity contribution in [3.63, 3.8) is 0 Å². The van der Waals surface area contributed by atoms with Crippen LogP contribution in [-0.4, -0.2) is 31.6 Å². The van der Waals surface area contributed by atoms with Gasteiger partial charge in [0.15, 0.2) is 0 Å². The predicted octanol–water partition coefficient (Wildman–Crippen LogP) is 2.89. The molecule has 1 N–H and O–H groups in total. The van der Waals surface area contributed by atoms with E-state index in [-0.39, 0.29) is 5.82 Å². The summed E-state index contributed by atoms with van der Waals surface area (Å²) in [6, 6.07) is 5.21. The average molecular weight is 236 g/mol. The Hall–Kier alpha value is -1.09. The molecule has 1 atom stereocenters. The summed E-state index contributed by atoms with van der Waals surface area (Å²) >= 11 is 0. The molecule has 1 aromatic rings. The molecule has 0 aliphatic carbocycles. The van der Waals surface area contributed by atoms with E-state index in [0.717, 1.165) is 18.7 Å². The van der Waals surface area contributed by atoms with E-state index < -0.39 is 0 Å². The first kappa shape index (κ1) is 12.4. The van der Waals surface area contributed by atoms with Crippen LogP contribution in [-0.2, 0) is 0 Å². The third kappa shape index (κ3) is 3.43. The third-order valence-electron chi connectivity index (χ3n) is 3.43. The lowest BCUT2D eigenvalue weighted by atomic mass is 9.98. The van der Waals surface area contributed by atoms with Crippen molar-refractivity contribution < 1.29 is 4.39 Å². The van der Waals surface area contributed by atoms with Gasteiger partial charge in [-0.15, -0.1) is 0 Å². The molecular weight excluding hydrogens is 215 g/mol. The van der Waals surface area contributed by atoms with Crippen LogP contribution in [0.5, 0.6) is 0 Å². The van der Waals surface area contributed by atoms with E-state index >= 15 is 0 Å². The van der Waals surface area contributed by atoms with Crippen molar-refractivity contribution in [2.75, 3.05) is 32.0 Å². The first-order valence-electron chi connectivity index (χ1n) is 6.33. The zero-order valence-electron chi connectivity index (χ0n) is 10.7. The highest BCUT2D eigenvalue weighted by Gasteiger charge is 2.17. The lowest BCUT2D eigenvalue weighted by Crippen LogP contribution is -2.35. The van der Waals surface area contributed by atoms with Crippen LogP contribution in [0, 0.1) is 18.7 Å². The molecule has 1 saturated heterocycles. The zero-order chi connectivity index (χ0) is 12.3. The number of halogens is 1. The minimum atomic E-state index is -0.153. The number of nitrogens with zero attached hydrogens (tertiary/aromatic N) is 1. The number of aryl methyl sites for hydroxylation is 1. The Labute approximate surface area is 103 Å². The fraction of sp³-hybridized carbons (Fsp3) is 0.571. The number of likely N-dealkylation sites (tertiary alicyclic amines) is 1. The number of benzene rings is 1. The number of anilines is 1. The molecule has 1 aromatic carbocycles. The Bertz CT molecular complexity index is 378. The number of piperidine rings is 1. The fourth-order valence-corrected chi connectivity index (χ4v) is 2.47. The molecule has 1 aliphatic rings. The summed E-state index contributed by atoms with van der Waals surface area (Å²) in [5.41, 5.74) is 1.73. The van der Waals surface area contributed by atoms with Crippen LogP contribution in [0.2, 0.25) is 0 Å². The minimum Gasteiger partial charge on any atom is -0.382 e. The SMILES string of the molecule is Cc1ccc(F)c(NCC2CCCN(C)C2)c1. The van der Waals surface area contributed by atoms with Crippen molar-refractivity contribution in [2.45, 2.75) is 19.8 Å². The van der Waals surface area contributed by atoms with Crippen molar-refractivity contribution >= 4 is 5.69 Å². The molecule has 0 radical (unpaired) electrons. The smallest absolute Gasteiger partial charge is 0.146 e. The second-order valence-corrected chi connectivity index (χ2v) is 5.13. The monoisotopic (exact) mass is 236 g/mol. The van der Waals surface area contributed by atoms with E-state index in [1.54, 1.807) is 6.07 Å². The Morgan fingerprint density at radius 3 is 3.06 bits per heavy atom. The molecule has 0 amide bonds. The highest BCUT2D eigenvalue weighted by atomic mass is 19.1. The number of hydrogen-bond acceptors (Lipinski definition) is 2. The molecule has 0 saturated carbocycles. The van der Waals surface area contributed by atoms with Crippen LogP contribution in [0.4, 0.5) is 10.1 Å². The van der Waals surface area contributed by atoms with Gasteiger partial charge in [-0.2, -0.15) is 0 Å².